The Labute approximate surface area is 150 Å². The lowest BCUT2D eigenvalue weighted by Crippen LogP contribution is -2.69. The van der Waals surface area contributed by atoms with Gasteiger partial charge in [0.25, 0.3) is 0 Å². The molecule has 2 atom stereocenters. The van der Waals surface area contributed by atoms with Crippen molar-refractivity contribution in [3.63, 3.8) is 0 Å². The van der Waals surface area contributed by atoms with Crippen molar-refractivity contribution in [2.75, 3.05) is 33.3 Å². The predicted molar refractivity (Wildman–Crippen MR) is 98.4 cm³/mol. The van der Waals surface area contributed by atoms with Crippen LogP contribution in [0.2, 0.25) is 0 Å². The standard InChI is InChI=1S/C18H33N5O2/c1-3-25-15-11-14(18(15)7-4-8-18)22-17(20-2)21-13-5-9-23(10-6-13)12-16(19)24/h13-15H,3-12H2,1-2H3,(H2,19,24)(H2,20,21,22). The van der Waals surface area contributed by atoms with Crippen molar-refractivity contribution in [2.45, 2.75) is 63.6 Å². The molecule has 1 saturated heterocycles. The van der Waals surface area contributed by atoms with Gasteiger partial charge in [-0.1, -0.05) is 6.42 Å². The maximum Gasteiger partial charge on any atom is 0.231 e. The van der Waals surface area contributed by atoms with Crippen molar-refractivity contribution in [1.29, 1.82) is 0 Å². The van der Waals surface area contributed by atoms with Crippen LogP contribution in [0.25, 0.3) is 0 Å². The van der Waals surface area contributed by atoms with Crippen LogP contribution in [-0.2, 0) is 9.53 Å². The zero-order valence-electron chi connectivity index (χ0n) is 15.6. The van der Waals surface area contributed by atoms with Crippen molar-refractivity contribution in [3.05, 3.63) is 0 Å². The van der Waals surface area contributed by atoms with Crippen LogP contribution in [0.5, 0.6) is 0 Å². The topological polar surface area (TPSA) is 92.0 Å². The second kappa shape index (κ2) is 7.91. The fourth-order valence-corrected chi connectivity index (χ4v) is 4.63. The first kappa shape index (κ1) is 18.5. The maximum absolute atomic E-state index is 11.0. The van der Waals surface area contributed by atoms with Crippen LogP contribution in [0.1, 0.15) is 45.4 Å². The second-order valence-corrected chi connectivity index (χ2v) is 7.70. The Balaban J connectivity index is 1.46. The predicted octanol–water partition coefficient (Wildman–Crippen LogP) is 0.449. The monoisotopic (exact) mass is 351 g/mol. The number of aliphatic imine (C=N–C) groups is 1. The fourth-order valence-electron chi connectivity index (χ4n) is 4.63. The normalized spacial score (nSPS) is 29.8. The van der Waals surface area contributed by atoms with Gasteiger partial charge < -0.3 is 21.1 Å². The summed E-state index contributed by atoms with van der Waals surface area (Å²) in [6.45, 7) is 5.05. The molecule has 4 N–H and O–H groups in total. The van der Waals surface area contributed by atoms with Gasteiger partial charge in [-0.3, -0.25) is 14.7 Å². The summed E-state index contributed by atoms with van der Waals surface area (Å²) in [7, 11) is 1.84. The molecule has 1 heterocycles. The molecule has 2 saturated carbocycles. The first-order chi connectivity index (χ1) is 12.1. The molecule has 7 heteroatoms. The van der Waals surface area contributed by atoms with Crippen LogP contribution in [0.3, 0.4) is 0 Å². The van der Waals surface area contributed by atoms with Crippen LogP contribution >= 0.6 is 0 Å². The Morgan fingerprint density at radius 3 is 2.56 bits per heavy atom. The van der Waals surface area contributed by atoms with E-state index in [1.807, 2.05) is 7.05 Å². The Bertz CT molecular complexity index is 498. The number of amides is 1. The van der Waals surface area contributed by atoms with Gasteiger partial charge in [-0.25, -0.2) is 0 Å². The van der Waals surface area contributed by atoms with Crippen LogP contribution in [0.4, 0.5) is 0 Å². The number of rotatable bonds is 6. The molecule has 3 rings (SSSR count). The number of hydrogen-bond acceptors (Lipinski definition) is 4. The van der Waals surface area contributed by atoms with Crippen LogP contribution in [0, 0.1) is 5.41 Å². The number of hydrogen-bond donors (Lipinski definition) is 3. The van der Waals surface area contributed by atoms with E-state index in [9.17, 15) is 4.79 Å². The molecule has 142 valence electrons. The van der Waals surface area contributed by atoms with E-state index in [1.165, 1.54) is 19.3 Å². The van der Waals surface area contributed by atoms with E-state index in [0.717, 1.165) is 44.9 Å². The van der Waals surface area contributed by atoms with Gasteiger partial charge in [-0.15, -0.1) is 0 Å². The highest BCUT2D eigenvalue weighted by Gasteiger charge is 2.59. The molecule has 1 amide bonds. The minimum Gasteiger partial charge on any atom is -0.378 e. The summed E-state index contributed by atoms with van der Waals surface area (Å²) in [6.07, 6.45) is 7.34. The molecule has 3 fully saturated rings. The van der Waals surface area contributed by atoms with Gasteiger partial charge in [0.05, 0.1) is 12.6 Å². The molecule has 1 aliphatic heterocycles. The highest BCUT2D eigenvalue weighted by molar-refractivity contribution is 5.80. The van der Waals surface area contributed by atoms with E-state index in [2.05, 4.69) is 27.4 Å². The first-order valence-corrected chi connectivity index (χ1v) is 9.69. The largest absolute Gasteiger partial charge is 0.378 e. The number of primary amides is 1. The van der Waals surface area contributed by atoms with Crippen molar-refractivity contribution in [3.8, 4) is 0 Å². The number of carbonyl (C=O) groups excluding carboxylic acids is 1. The van der Waals surface area contributed by atoms with Gasteiger partial charge in [0.2, 0.25) is 5.91 Å². The zero-order chi connectivity index (χ0) is 17.9. The third kappa shape index (κ3) is 3.92. The van der Waals surface area contributed by atoms with Crippen molar-refractivity contribution in [2.24, 2.45) is 16.1 Å². The van der Waals surface area contributed by atoms with E-state index in [0.29, 0.717) is 30.1 Å². The highest BCUT2D eigenvalue weighted by atomic mass is 16.5. The number of nitrogens with zero attached hydrogens (tertiary/aromatic N) is 2. The molecule has 0 radical (unpaired) electrons. The smallest absolute Gasteiger partial charge is 0.231 e. The Morgan fingerprint density at radius 2 is 2.04 bits per heavy atom. The van der Waals surface area contributed by atoms with Crippen LogP contribution in [-0.4, -0.2) is 68.2 Å². The van der Waals surface area contributed by atoms with Gasteiger partial charge in [0, 0.05) is 44.2 Å². The first-order valence-electron chi connectivity index (χ1n) is 9.69. The Kier molecular flexibility index (Phi) is 5.84. The number of piperidine rings is 1. The van der Waals surface area contributed by atoms with E-state index >= 15 is 0 Å². The maximum atomic E-state index is 11.0. The van der Waals surface area contributed by atoms with Gasteiger partial charge >= 0.3 is 0 Å². The minimum atomic E-state index is -0.247. The summed E-state index contributed by atoms with van der Waals surface area (Å²) < 4.78 is 5.93. The van der Waals surface area contributed by atoms with Crippen molar-refractivity contribution >= 4 is 11.9 Å². The molecule has 0 aromatic rings. The molecule has 0 aromatic carbocycles. The lowest BCUT2D eigenvalue weighted by Gasteiger charge is -2.61. The van der Waals surface area contributed by atoms with Gasteiger partial charge in [0.1, 0.15) is 0 Å². The number of guanidine groups is 1. The molecule has 3 aliphatic rings. The number of nitrogens with one attached hydrogen (secondary N) is 2. The zero-order valence-corrected chi connectivity index (χ0v) is 15.6. The second-order valence-electron chi connectivity index (χ2n) is 7.70. The quantitative estimate of drug-likeness (QED) is 0.477. The van der Waals surface area contributed by atoms with Crippen LogP contribution < -0.4 is 16.4 Å². The van der Waals surface area contributed by atoms with Gasteiger partial charge in [0.15, 0.2) is 5.96 Å². The lowest BCUT2D eigenvalue weighted by molar-refractivity contribution is -0.168. The molecular formula is C18H33N5O2. The molecule has 7 nitrogen and oxygen atoms in total. The number of nitrogens with two attached hydrogens (primary N) is 1. The molecule has 0 bridgehead atoms. The molecule has 25 heavy (non-hydrogen) atoms. The highest BCUT2D eigenvalue weighted by Crippen LogP contribution is 2.57. The average Bonchev–Trinajstić information content (AvgIpc) is 2.52. The summed E-state index contributed by atoms with van der Waals surface area (Å²) in [4.78, 5) is 17.6. The van der Waals surface area contributed by atoms with E-state index in [1.54, 1.807) is 0 Å². The number of carbonyl (C=O) groups is 1. The Hall–Kier alpha value is -1.34. The van der Waals surface area contributed by atoms with Gasteiger partial charge in [-0.2, -0.15) is 0 Å². The Morgan fingerprint density at radius 1 is 1.32 bits per heavy atom. The van der Waals surface area contributed by atoms with Gasteiger partial charge in [-0.05, 0) is 39.0 Å². The summed E-state index contributed by atoms with van der Waals surface area (Å²) in [6, 6.07) is 0.870. The summed E-state index contributed by atoms with van der Waals surface area (Å²) in [5, 5.41) is 7.21. The minimum absolute atomic E-state index is 0.247. The third-order valence-corrected chi connectivity index (χ3v) is 6.28. The van der Waals surface area contributed by atoms with Crippen LogP contribution in [0.15, 0.2) is 4.99 Å². The SMILES string of the molecule is CCOC1CC(NC(=NC)NC2CCN(CC(N)=O)CC2)C12CCC2. The van der Waals surface area contributed by atoms with Crippen molar-refractivity contribution in [1.82, 2.24) is 15.5 Å². The average molecular weight is 351 g/mol. The fraction of sp³-hybridized carbons (Fsp3) is 0.889. The summed E-state index contributed by atoms with van der Waals surface area (Å²) in [5.41, 5.74) is 5.61. The molecule has 1 spiro atoms. The molecular weight excluding hydrogens is 318 g/mol. The molecule has 0 aromatic heterocycles. The lowest BCUT2D eigenvalue weighted by atomic mass is 9.51. The molecule has 2 unspecified atom stereocenters. The summed E-state index contributed by atoms with van der Waals surface area (Å²) >= 11 is 0. The number of likely N-dealkylation sites (tertiary alicyclic amines) is 1. The van der Waals surface area contributed by atoms with E-state index in [4.69, 9.17) is 10.5 Å². The van der Waals surface area contributed by atoms with E-state index < -0.39 is 0 Å². The third-order valence-electron chi connectivity index (χ3n) is 6.28. The molecule has 2 aliphatic carbocycles. The van der Waals surface area contributed by atoms with Crippen molar-refractivity contribution < 1.29 is 9.53 Å². The van der Waals surface area contributed by atoms with E-state index in [-0.39, 0.29) is 5.91 Å². The summed E-state index contributed by atoms with van der Waals surface area (Å²) in [5.74, 6) is 0.656. The number of ether oxygens (including phenoxy) is 1.